The summed E-state index contributed by atoms with van der Waals surface area (Å²) in [6.45, 7) is 7.68. The second-order valence-electron chi connectivity index (χ2n) is 6.03. The molecule has 1 atom stereocenters. The van der Waals surface area contributed by atoms with Gasteiger partial charge in [0.1, 0.15) is 5.60 Å². The average Bonchev–Trinajstić information content (AvgIpc) is 2.26. The molecule has 1 unspecified atom stereocenters. The maximum absolute atomic E-state index is 11.7. The van der Waals surface area contributed by atoms with Gasteiger partial charge < -0.3 is 9.84 Å². The fourth-order valence-corrected chi connectivity index (χ4v) is 2.46. The molecule has 0 aliphatic carbocycles. The number of rotatable bonds is 5. The quantitative estimate of drug-likeness (QED) is 0.765. The van der Waals surface area contributed by atoms with Gasteiger partial charge in [0.25, 0.3) is 0 Å². The Kier molecular flexibility index (Phi) is 6.09. The normalized spacial score (nSPS) is 21.9. The van der Waals surface area contributed by atoms with Crippen LogP contribution >= 0.6 is 0 Å². The van der Waals surface area contributed by atoms with Crippen molar-refractivity contribution in [1.29, 1.82) is 0 Å². The van der Waals surface area contributed by atoms with Crippen LogP contribution in [0.5, 0.6) is 0 Å². The molecule has 0 aromatic carbocycles. The van der Waals surface area contributed by atoms with Crippen molar-refractivity contribution in [2.45, 2.75) is 64.5 Å². The number of likely N-dealkylation sites (tertiary alicyclic amines) is 1. The first kappa shape index (κ1) is 15.4. The number of hydrogen-bond acceptors (Lipinski definition) is 4. The molecule has 18 heavy (non-hydrogen) atoms. The summed E-state index contributed by atoms with van der Waals surface area (Å²) in [5.74, 6) is -0.129. The minimum Gasteiger partial charge on any atom is -0.460 e. The van der Waals surface area contributed by atoms with Gasteiger partial charge in [0.15, 0.2) is 0 Å². The Labute approximate surface area is 110 Å². The van der Waals surface area contributed by atoms with Crippen LogP contribution in [0.1, 0.15) is 52.9 Å². The van der Waals surface area contributed by atoms with Crippen LogP contribution in [0.15, 0.2) is 0 Å². The molecule has 1 saturated heterocycles. The lowest BCUT2D eigenvalue weighted by Gasteiger charge is -2.35. The monoisotopic (exact) mass is 257 g/mol. The van der Waals surface area contributed by atoms with Gasteiger partial charge in [-0.05, 0) is 46.6 Å². The maximum atomic E-state index is 11.7. The molecule has 1 rings (SSSR count). The molecular formula is C14H27NO3. The molecule has 0 spiro atoms. The number of nitrogens with zero attached hydrogens (tertiary/aromatic N) is 1. The van der Waals surface area contributed by atoms with Gasteiger partial charge >= 0.3 is 5.97 Å². The highest BCUT2D eigenvalue weighted by atomic mass is 16.6. The van der Waals surface area contributed by atoms with Gasteiger partial charge in [-0.2, -0.15) is 0 Å². The fourth-order valence-electron chi connectivity index (χ4n) is 2.46. The first-order valence-electron chi connectivity index (χ1n) is 6.99. The summed E-state index contributed by atoms with van der Waals surface area (Å²) in [5.41, 5.74) is -0.399. The van der Waals surface area contributed by atoms with E-state index < -0.39 is 5.60 Å². The topological polar surface area (TPSA) is 49.8 Å². The Morgan fingerprint density at radius 2 is 2.11 bits per heavy atom. The summed E-state index contributed by atoms with van der Waals surface area (Å²) in [4.78, 5) is 14.0. The van der Waals surface area contributed by atoms with Crippen molar-refractivity contribution in [3.63, 3.8) is 0 Å². The molecule has 0 radical (unpaired) electrons. The lowest BCUT2D eigenvalue weighted by atomic mass is 9.99. The molecule has 0 aromatic heterocycles. The number of piperidine rings is 1. The summed E-state index contributed by atoms with van der Waals surface area (Å²) in [5, 5.41) is 9.05. The lowest BCUT2D eigenvalue weighted by molar-refractivity contribution is -0.155. The van der Waals surface area contributed by atoms with Crippen molar-refractivity contribution in [2.24, 2.45) is 0 Å². The molecule has 0 bridgehead atoms. The average molecular weight is 257 g/mol. The van der Waals surface area contributed by atoms with E-state index in [0.717, 1.165) is 25.9 Å². The zero-order valence-corrected chi connectivity index (χ0v) is 11.9. The smallest absolute Gasteiger partial charge is 0.307 e. The fraction of sp³-hybridized carbons (Fsp3) is 0.929. The molecule has 1 aliphatic heterocycles. The summed E-state index contributed by atoms with van der Waals surface area (Å²) < 4.78 is 5.31. The Balaban J connectivity index is 2.33. The second-order valence-corrected chi connectivity index (χ2v) is 6.03. The van der Waals surface area contributed by atoms with E-state index in [-0.39, 0.29) is 12.6 Å². The van der Waals surface area contributed by atoms with Crippen LogP contribution in [0.25, 0.3) is 0 Å². The molecule has 1 heterocycles. The number of hydrogen-bond donors (Lipinski definition) is 1. The molecule has 4 nitrogen and oxygen atoms in total. The van der Waals surface area contributed by atoms with E-state index in [1.165, 1.54) is 12.8 Å². The van der Waals surface area contributed by atoms with Crippen molar-refractivity contribution in [3.8, 4) is 0 Å². The van der Waals surface area contributed by atoms with E-state index in [4.69, 9.17) is 9.84 Å². The predicted molar refractivity (Wildman–Crippen MR) is 71.4 cm³/mol. The first-order chi connectivity index (χ1) is 8.42. The molecule has 1 fully saturated rings. The van der Waals surface area contributed by atoms with Gasteiger partial charge in [0.05, 0.1) is 6.42 Å². The third kappa shape index (κ3) is 5.83. The van der Waals surface area contributed by atoms with Gasteiger partial charge in [-0.15, -0.1) is 0 Å². The molecule has 1 N–H and O–H groups in total. The number of carbonyl (C=O) groups excluding carboxylic acids is 1. The van der Waals surface area contributed by atoms with E-state index in [2.05, 4.69) is 4.90 Å². The summed E-state index contributed by atoms with van der Waals surface area (Å²) in [6, 6.07) is 0.436. The third-order valence-corrected chi connectivity index (χ3v) is 3.23. The second kappa shape index (κ2) is 7.10. The minimum absolute atomic E-state index is 0.129. The zero-order chi connectivity index (χ0) is 13.6. The lowest BCUT2D eigenvalue weighted by Crippen LogP contribution is -2.41. The number of carbonyl (C=O) groups is 1. The Bertz CT molecular complexity index is 258. The number of aliphatic hydroxyl groups excluding tert-OH is 1. The van der Waals surface area contributed by atoms with Crippen LogP contribution in [0.2, 0.25) is 0 Å². The number of ether oxygens (including phenoxy) is 1. The van der Waals surface area contributed by atoms with Crippen LogP contribution in [-0.4, -0.2) is 47.3 Å². The molecule has 0 saturated carbocycles. The van der Waals surface area contributed by atoms with E-state index >= 15 is 0 Å². The Hall–Kier alpha value is -0.610. The molecule has 0 aromatic rings. The van der Waals surface area contributed by atoms with Crippen LogP contribution in [0, 0.1) is 0 Å². The van der Waals surface area contributed by atoms with Crippen LogP contribution in [-0.2, 0) is 9.53 Å². The summed E-state index contributed by atoms with van der Waals surface area (Å²) >= 11 is 0. The molecular weight excluding hydrogens is 230 g/mol. The Morgan fingerprint density at radius 1 is 1.39 bits per heavy atom. The molecule has 1 aliphatic rings. The van der Waals surface area contributed by atoms with Crippen molar-refractivity contribution >= 4 is 5.97 Å². The molecule has 0 amide bonds. The highest BCUT2D eigenvalue weighted by molar-refractivity contribution is 5.70. The van der Waals surface area contributed by atoms with E-state index in [9.17, 15) is 4.79 Å². The summed E-state index contributed by atoms with van der Waals surface area (Å²) in [6.07, 6.45) is 4.81. The highest BCUT2D eigenvalue weighted by Crippen LogP contribution is 2.20. The molecule has 4 heteroatoms. The highest BCUT2D eigenvalue weighted by Gasteiger charge is 2.23. The Morgan fingerprint density at radius 3 is 2.72 bits per heavy atom. The van der Waals surface area contributed by atoms with Crippen molar-refractivity contribution in [2.75, 3.05) is 19.7 Å². The van der Waals surface area contributed by atoms with Crippen molar-refractivity contribution in [1.82, 2.24) is 4.90 Å². The largest absolute Gasteiger partial charge is 0.460 e. The van der Waals surface area contributed by atoms with Crippen LogP contribution in [0.3, 0.4) is 0 Å². The number of esters is 1. The zero-order valence-electron chi connectivity index (χ0n) is 11.9. The minimum atomic E-state index is -0.399. The maximum Gasteiger partial charge on any atom is 0.307 e. The third-order valence-electron chi connectivity index (χ3n) is 3.23. The van der Waals surface area contributed by atoms with Crippen LogP contribution in [0.4, 0.5) is 0 Å². The van der Waals surface area contributed by atoms with Gasteiger partial charge in [0.2, 0.25) is 0 Å². The van der Waals surface area contributed by atoms with Gasteiger partial charge in [-0.25, -0.2) is 0 Å². The van der Waals surface area contributed by atoms with E-state index in [1.54, 1.807) is 0 Å². The van der Waals surface area contributed by atoms with Gasteiger partial charge in [-0.1, -0.05) is 6.42 Å². The predicted octanol–water partition coefficient (Wildman–Crippen LogP) is 1.96. The SMILES string of the molecule is CC(C)(C)OC(=O)CCN1CCCCC1CCO. The van der Waals surface area contributed by atoms with Gasteiger partial charge in [0, 0.05) is 19.2 Å². The van der Waals surface area contributed by atoms with Crippen molar-refractivity contribution < 1.29 is 14.6 Å². The van der Waals surface area contributed by atoms with Crippen molar-refractivity contribution in [3.05, 3.63) is 0 Å². The number of aliphatic hydroxyl groups is 1. The van der Waals surface area contributed by atoms with Gasteiger partial charge in [-0.3, -0.25) is 9.69 Å². The van der Waals surface area contributed by atoms with Crippen LogP contribution < -0.4 is 0 Å². The molecule has 106 valence electrons. The first-order valence-corrected chi connectivity index (χ1v) is 6.99. The standard InChI is InChI=1S/C14H27NO3/c1-14(2,3)18-13(17)7-10-15-9-5-4-6-12(15)8-11-16/h12,16H,4-11H2,1-3H3. The summed E-state index contributed by atoms with van der Waals surface area (Å²) in [7, 11) is 0. The van der Waals surface area contributed by atoms with E-state index in [0.29, 0.717) is 12.5 Å². The van der Waals surface area contributed by atoms with E-state index in [1.807, 2.05) is 20.8 Å².